The normalized spacial score (nSPS) is 15.6. The summed E-state index contributed by atoms with van der Waals surface area (Å²) in [7, 11) is 0. The lowest BCUT2D eigenvalue weighted by atomic mass is 9.31. The van der Waals surface area contributed by atoms with Crippen LogP contribution in [-0.2, 0) is 10.8 Å². The van der Waals surface area contributed by atoms with E-state index in [1.807, 2.05) is 0 Å². The highest BCUT2D eigenvalue weighted by molar-refractivity contribution is 9.10. The zero-order valence-corrected chi connectivity index (χ0v) is 29.5. The minimum Gasteiger partial charge on any atom is -0.101 e. The Balaban J connectivity index is 1.53. The first-order chi connectivity index (χ1) is 20.9. The molecule has 0 amide bonds. The van der Waals surface area contributed by atoms with Gasteiger partial charge >= 0.3 is 0 Å². The van der Waals surface area contributed by atoms with Crippen molar-refractivity contribution in [2.24, 2.45) is 0 Å². The van der Waals surface area contributed by atoms with E-state index in [2.05, 4.69) is 183 Å². The predicted octanol–water partition coefficient (Wildman–Crippen LogP) is 11.5. The van der Waals surface area contributed by atoms with Crippen LogP contribution in [0.4, 0.5) is 0 Å². The summed E-state index contributed by atoms with van der Waals surface area (Å²) in [5.74, 6) is 2.77. The first-order valence-electron chi connectivity index (χ1n) is 15.6. The van der Waals surface area contributed by atoms with Gasteiger partial charge in [0, 0.05) is 8.95 Å². The molecule has 0 aromatic heterocycles. The molecule has 5 aromatic carbocycles. The molecule has 218 valence electrons. The maximum Gasteiger partial charge on any atom is 0.215 e. The molecule has 1 unspecified atom stereocenters. The van der Waals surface area contributed by atoms with Crippen LogP contribution in [0.15, 0.2) is 118 Å². The Labute approximate surface area is 280 Å². The van der Waals surface area contributed by atoms with Gasteiger partial charge in [-0.2, -0.15) is 0 Å². The van der Waals surface area contributed by atoms with Gasteiger partial charge in [-0.25, -0.2) is 0 Å². The van der Waals surface area contributed by atoms with E-state index < -0.39 is 0 Å². The second-order valence-corrected chi connectivity index (χ2v) is 16.3. The fourth-order valence-electron chi connectivity index (χ4n) is 7.19. The van der Waals surface area contributed by atoms with Gasteiger partial charge in [-0.3, -0.25) is 0 Å². The minimum atomic E-state index is 0.107. The van der Waals surface area contributed by atoms with Gasteiger partial charge in [0.05, 0.1) is 0 Å². The Bertz CT molecular complexity index is 1930. The largest absolute Gasteiger partial charge is 0.215 e. The zero-order valence-electron chi connectivity index (χ0n) is 26.3. The molecule has 2 aliphatic rings. The summed E-state index contributed by atoms with van der Waals surface area (Å²) < 4.78 is 2.21. The smallest absolute Gasteiger partial charge is 0.101 e. The lowest BCUT2D eigenvalue weighted by Crippen LogP contribution is -2.42. The number of hydrogen-bond acceptors (Lipinski definition) is 0. The van der Waals surface area contributed by atoms with E-state index in [-0.39, 0.29) is 23.4 Å². The van der Waals surface area contributed by atoms with Crippen LogP contribution in [-0.4, -0.2) is 6.71 Å². The van der Waals surface area contributed by atoms with Crippen LogP contribution in [0.25, 0.3) is 27.8 Å². The highest BCUT2D eigenvalue weighted by Crippen LogP contribution is 2.47. The van der Waals surface area contributed by atoms with E-state index in [0.717, 1.165) is 8.95 Å². The third-order valence-corrected chi connectivity index (χ3v) is 10.5. The van der Waals surface area contributed by atoms with Crippen molar-refractivity contribution in [1.82, 2.24) is 0 Å². The molecule has 2 heterocycles. The van der Waals surface area contributed by atoms with E-state index in [9.17, 15) is 0 Å². The average molecular weight is 700 g/mol. The second kappa shape index (κ2) is 10.7. The van der Waals surface area contributed by atoms with Gasteiger partial charge in [-0.05, 0) is 102 Å². The van der Waals surface area contributed by atoms with Crippen LogP contribution in [0, 0.1) is 0 Å². The van der Waals surface area contributed by atoms with Crippen LogP contribution >= 0.6 is 31.9 Å². The average Bonchev–Trinajstić information content (AvgIpc) is 3.12. The molecule has 0 aliphatic carbocycles. The molecule has 7 rings (SSSR count). The summed E-state index contributed by atoms with van der Waals surface area (Å²) in [6.07, 6.45) is 0. The molecule has 3 heteroatoms. The Hall–Kier alpha value is -3.14. The molecule has 0 nitrogen and oxygen atoms in total. The number of rotatable bonds is 2. The molecule has 5 aromatic rings. The number of benzene rings is 5. The lowest BCUT2D eigenvalue weighted by Gasteiger charge is -2.34. The van der Waals surface area contributed by atoms with E-state index in [0.29, 0.717) is 0 Å². The van der Waals surface area contributed by atoms with Gasteiger partial charge in [0.1, 0.15) is 0 Å². The molecule has 44 heavy (non-hydrogen) atoms. The summed E-state index contributed by atoms with van der Waals surface area (Å²) in [6, 6.07) is 39.3. The van der Waals surface area contributed by atoms with Gasteiger partial charge < -0.3 is 0 Å². The third-order valence-electron chi connectivity index (χ3n) is 9.55. The second-order valence-electron chi connectivity index (χ2n) is 14.5. The summed E-state index contributed by atoms with van der Waals surface area (Å²) in [6.45, 7) is 13.9. The van der Waals surface area contributed by atoms with E-state index in [4.69, 9.17) is 0 Å². The number of fused-ring (bicyclic) bond motifs is 4. The maximum atomic E-state index is 3.82. The standard InChI is InChI=1S/C41H37BBr2/c1-40(2,3)27-14-10-25(11-15-27)37-24-42-38(26-12-16-28(17-13-26)41(4,5)6)34-21-19-30(44)23-36(34)33-9-7-8-32(39(33)42)35-22-29(43)18-20-31(35)37/h7-24,38H,1-6H3. The quantitative estimate of drug-likeness (QED) is 0.161. The topological polar surface area (TPSA) is 0 Å². The van der Waals surface area contributed by atoms with Gasteiger partial charge in [0.15, 0.2) is 0 Å². The van der Waals surface area contributed by atoms with Crippen molar-refractivity contribution in [3.8, 4) is 22.3 Å². The van der Waals surface area contributed by atoms with Crippen molar-refractivity contribution in [1.29, 1.82) is 0 Å². The van der Waals surface area contributed by atoms with Gasteiger partial charge in [-0.1, -0.05) is 158 Å². The van der Waals surface area contributed by atoms with Crippen molar-refractivity contribution in [3.63, 3.8) is 0 Å². The van der Waals surface area contributed by atoms with Crippen LogP contribution in [0.5, 0.6) is 0 Å². The zero-order chi connectivity index (χ0) is 31.0. The monoisotopic (exact) mass is 698 g/mol. The van der Waals surface area contributed by atoms with Crippen LogP contribution in [0.2, 0.25) is 0 Å². The van der Waals surface area contributed by atoms with Gasteiger partial charge in [-0.15, -0.1) is 5.98 Å². The Morgan fingerprint density at radius 1 is 0.545 bits per heavy atom. The van der Waals surface area contributed by atoms with Crippen LogP contribution in [0.1, 0.15) is 80.7 Å². The van der Waals surface area contributed by atoms with E-state index in [1.54, 1.807) is 0 Å². The van der Waals surface area contributed by atoms with Crippen molar-refractivity contribution < 1.29 is 0 Å². The lowest BCUT2D eigenvalue weighted by molar-refractivity contribution is 0.590. The summed E-state index contributed by atoms with van der Waals surface area (Å²) >= 11 is 7.63. The fraction of sp³-hybridized carbons (Fsp3) is 0.220. The molecule has 2 aliphatic heterocycles. The van der Waals surface area contributed by atoms with Crippen molar-refractivity contribution in [2.75, 3.05) is 0 Å². The SMILES string of the molecule is CC(C)(C)c1ccc(C2=CB3c4c(cccc4-c4cc(Br)ccc4C3c3ccc(C(C)(C)C)cc3)-c3cc(Br)ccc32)cc1. The predicted molar refractivity (Wildman–Crippen MR) is 197 cm³/mol. The summed E-state index contributed by atoms with van der Waals surface area (Å²) in [4.78, 5) is 0. The number of hydrogen-bond donors (Lipinski definition) is 0. The van der Waals surface area contributed by atoms with Gasteiger partial charge in [0.2, 0.25) is 6.71 Å². The van der Waals surface area contributed by atoms with Crippen molar-refractivity contribution >= 4 is 49.6 Å². The summed E-state index contributed by atoms with van der Waals surface area (Å²) in [5.41, 5.74) is 16.2. The molecule has 0 spiro atoms. The van der Waals surface area contributed by atoms with Crippen molar-refractivity contribution in [2.45, 2.75) is 58.2 Å². The first-order valence-corrected chi connectivity index (χ1v) is 17.1. The van der Waals surface area contributed by atoms with Crippen LogP contribution < -0.4 is 5.46 Å². The molecular weight excluding hydrogens is 663 g/mol. The Morgan fingerprint density at radius 2 is 1.09 bits per heavy atom. The van der Waals surface area contributed by atoms with E-state index >= 15 is 0 Å². The Kier molecular flexibility index (Phi) is 7.22. The molecule has 0 bridgehead atoms. The third kappa shape index (κ3) is 5.07. The first kappa shape index (κ1) is 29.6. The molecule has 0 saturated carbocycles. The summed E-state index contributed by atoms with van der Waals surface area (Å²) in [5, 5.41) is 0. The highest BCUT2D eigenvalue weighted by atomic mass is 79.9. The minimum absolute atomic E-state index is 0.107. The molecule has 0 radical (unpaired) electrons. The molecule has 0 fully saturated rings. The van der Waals surface area contributed by atoms with Crippen LogP contribution in [0.3, 0.4) is 0 Å². The van der Waals surface area contributed by atoms with E-state index in [1.165, 1.54) is 66.7 Å². The maximum absolute atomic E-state index is 3.82. The van der Waals surface area contributed by atoms with Gasteiger partial charge in [0.25, 0.3) is 0 Å². The molecule has 0 N–H and O–H groups in total. The fourth-order valence-corrected chi connectivity index (χ4v) is 7.91. The molecular formula is C41H37BBr2. The molecule has 0 saturated heterocycles. The Morgan fingerprint density at radius 3 is 1.70 bits per heavy atom. The number of halogens is 2. The molecule has 1 atom stereocenters. The van der Waals surface area contributed by atoms with Crippen molar-refractivity contribution in [3.05, 3.63) is 151 Å². The highest BCUT2D eigenvalue weighted by Gasteiger charge is 2.40.